The maximum absolute atomic E-state index is 6.17. The molecule has 0 saturated heterocycles. The van der Waals surface area contributed by atoms with Gasteiger partial charge in [-0.05, 0) is 44.4 Å². The first-order valence-corrected chi connectivity index (χ1v) is 6.69. The van der Waals surface area contributed by atoms with Gasteiger partial charge in [-0.15, -0.1) is 0 Å². The van der Waals surface area contributed by atoms with Gasteiger partial charge in [0.1, 0.15) is 5.82 Å². The zero-order chi connectivity index (χ0) is 12.0. The first kappa shape index (κ1) is 10.9. The number of aromatic nitrogens is 2. The minimum Gasteiger partial charge on any atom is -0.394 e. The highest BCUT2D eigenvalue weighted by molar-refractivity contribution is 5.66. The third kappa shape index (κ3) is 2.26. The van der Waals surface area contributed by atoms with E-state index in [1.807, 2.05) is 18.7 Å². The van der Waals surface area contributed by atoms with E-state index in [0.29, 0.717) is 0 Å². The zero-order valence-electron chi connectivity index (χ0n) is 10.8. The van der Waals surface area contributed by atoms with Gasteiger partial charge in [-0.25, -0.2) is 0 Å². The molecule has 4 nitrogen and oxygen atoms in total. The number of anilines is 2. The summed E-state index contributed by atoms with van der Waals surface area (Å²) in [7, 11) is 2.01. The van der Waals surface area contributed by atoms with E-state index in [0.717, 1.165) is 29.0 Å². The van der Waals surface area contributed by atoms with E-state index in [-0.39, 0.29) is 0 Å². The molecule has 0 spiro atoms. The fourth-order valence-corrected chi connectivity index (χ4v) is 2.51. The second kappa shape index (κ2) is 3.93. The Morgan fingerprint density at radius 1 is 1.24 bits per heavy atom. The second-order valence-corrected chi connectivity index (χ2v) is 5.74. The van der Waals surface area contributed by atoms with Crippen LogP contribution >= 0.6 is 0 Å². The maximum Gasteiger partial charge on any atom is 0.150 e. The first-order chi connectivity index (χ1) is 8.15. The van der Waals surface area contributed by atoms with Gasteiger partial charge < -0.3 is 10.6 Å². The van der Waals surface area contributed by atoms with Crippen molar-refractivity contribution in [1.82, 2.24) is 9.78 Å². The zero-order valence-corrected chi connectivity index (χ0v) is 10.8. The van der Waals surface area contributed by atoms with Crippen LogP contribution in [0.15, 0.2) is 0 Å². The average molecular weight is 234 g/mol. The smallest absolute Gasteiger partial charge is 0.150 e. The Hall–Kier alpha value is -1.19. The van der Waals surface area contributed by atoms with Crippen LogP contribution in [0.25, 0.3) is 0 Å². The van der Waals surface area contributed by atoms with Crippen molar-refractivity contribution in [1.29, 1.82) is 0 Å². The van der Waals surface area contributed by atoms with Crippen molar-refractivity contribution >= 4 is 11.5 Å². The van der Waals surface area contributed by atoms with Crippen molar-refractivity contribution in [2.45, 2.75) is 32.6 Å². The Morgan fingerprint density at radius 2 is 1.76 bits per heavy atom. The number of nitrogens with zero attached hydrogens (tertiary/aromatic N) is 3. The van der Waals surface area contributed by atoms with E-state index in [2.05, 4.69) is 10.00 Å². The largest absolute Gasteiger partial charge is 0.394 e. The number of nitrogens with two attached hydrogens (primary N) is 1. The lowest BCUT2D eigenvalue weighted by Gasteiger charge is -2.25. The maximum atomic E-state index is 6.17. The Bertz CT molecular complexity index is 401. The molecule has 2 saturated carbocycles. The van der Waals surface area contributed by atoms with Crippen LogP contribution in [0.5, 0.6) is 0 Å². The first-order valence-electron chi connectivity index (χ1n) is 6.69. The molecule has 0 amide bonds. The van der Waals surface area contributed by atoms with Crippen LogP contribution in [-0.2, 0) is 7.05 Å². The van der Waals surface area contributed by atoms with Crippen LogP contribution < -0.4 is 10.6 Å². The molecule has 1 heterocycles. The molecular formula is C13H22N4. The van der Waals surface area contributed by atoms with Gasteiger partial charge in [-0.1, -0.05) is 0 Å². The molecule has 1 aromatic heterocycles. The number of hydrogen-bond donors (Lipinski definition) is 1. The Labute approximate surface area is 103 Å². The van der Waals surface area contributed by atoms with Crippen molar-refractivity contribution in [2.24, 2.45) is 18.9 Å². The molecule has 0 bridgehead atoms. The number of nitrogen functional groups attached to an aromatic ring is 1. The van der Waals surface area contributed by atoms with Crippen LogP contribution in [0.3, 0.4) is 0 Å². The number of rotatable bonds is 5. The molecule has 0 aromatic carbocycles. The molecule has 0 unspecified atom stereocenters. The molecule has 3 rings (SSSR count). The highest BCUT2D eigenvalue weighted by Crippen LogP contribution is 2.37. The normalized spacial score (nSPS) is 19.6. The van der Waals surface area contributed by atoms with E-state index < -0.39 is 0 Å². The van der Waals surface area contributed by atoms with Crippen LogP contribution in [0.2, 0.25) is 0 Å². The van der Waals surface area contributed by atoms with E-state index in [9.17, 15) is 0 Å². The Kier molecular flexibility index (Phi) is 2.53. The van der Waals surface area contributed by atoms with Crippen LogP contribution in [0.4, 0.5) is 11.5 Å². The molecule has 2 aliphatic rings. The molecule has 17 heavy (non-hydrogen) atoms. The molecule has 0 radical (unpaired) electrons. The standard InChI is InChI=1S/C13H22N4/c1-9-12(14)13(16(2)15-9)17(7-10-3-4-10)8-11-5-6-11/h10-11H,3-8,14H2,1-2H3. The predicted octanol–water partition coefficient (Wildman–Crippen LogP) is 1.94. The SMILES string of the molecule is Cc1nn(C)c(N(CC2CC2)CC2CC2)c1N. The third-order valence-electron chi connectivity index (χ3n) is 3.89. The summed E-state index contributed by atoms with van der Waals surface area (Å²) in [4.78, 5) is 2.48. The van der Waals surface area contributed by atoms with E-state index in [1.54, 1.807) is 0 Å². The van der Waals surface area contributed by atoms with Gasteiger partial charge in [0.05, 0.1) is 11.4 Å². The Morgan fingerprint density at radius 3 is 2.12 bits per heavy atom. The average Bonchev–Trinajstić information content (AvgIpc) is 3.12. The highest BCUT2D eigenvalue weighted by atomic mass is 15.4. The summed E-state index contributed by atoms with van der Waals surface area (Å²) in [6.45, 7) is 4.32. The van der Waals surface area contributed by atoms with Gasteiger partial charge in [-0.2, -0.15) is 5.10 Å². The van der Waals surface area contributed by atoms with Crippen LogP contribution in [0.1, 0.15) is 31.4 Å². The van der Waals surface area contributed by atoms with E-state index in [1.165, 1.54) is 38.8 Å². The van der Waals surface area contributed by atoms with Gasteiger partial charge in [0, 0.05) is 20.1 Å². The van der Waals surface area contributed by atoms with Gasteiger partial charge in [0.2, 0.25) is 0 Å². The Balaban J connectivity index is 1.83. The number of hydrogen-bond acceptors (Lipinski definition) is 3. The van der Waals surface area contributed by atoms with Gasteiger partial charge in [0.25, 0.3) is 0 Å². The predicted molar refractivity (Wildman–Crippen MR) is 70.0 cm³/mol. The topological polar surface area (TPSA) is 47.1 Å². The summed E-state index contributed by atoms with van der Waals surface area (Å²) in [6.07, 6.45) is 5.55. The van der Waals surface area contributed by atoms with Crippen molar-refractivity contribution in [2.75, 3.05) is 23.7 Å². The van der Waals surface area contributed by atoms with E-state index >= 15 is 0 Å². The summed E-state index contributed by atoms with van der Waals surface area (Å²) < 4.78 is 1.95. The fourth-order valence-electron chi connectivity index (χ4n) is 2.51. The molecule has 2 aliphatic carbocycles. The monoisotopic (exact) mass is 234 g/mol. The summed E-state index contributed by atoms with van der Waals surface area (Å²) in [5, 5.41) is 4.44. The van der Waals surface area contributed by atoms with Crippen molar-refractivity contribution in [3.63, 3.8) is 0 Å². The fraction of sp³-hybridized carbons (Fsp3) is 0.769. The summed E-state index contributed by atoms with van der Waals surface area (Å²) in [5.74, 6) is 2.92. The number of aryl methyl sites for hydroxylation is 2. The lowest BCUT2D eigenvalue weighted by atomic mass is 10.3. The molecule has 0 aliphatic heterocycles. The van der Waals surface area contributed by atoms with Gasteiger partial charge in [-0.3, -0.25) is 4.68 Å². The van der Waals surface area contributed by atoms with E-state index in [4.69, 9.17) is 5.73 Å². The molecule has 2 N–H and O–H groups in total. The van der Waals surface area contributed by atoms with Crippen LogP contribution in [0, 0.1) is 18.8 Å². The van der Waals surface area contributed by atoms with Crippen molar-refractivity contribution in [3.05, 3.63) is 5.69 Å². The molecule has 1 aromatic rings. The summed E-state index contributed by atoms with van der Waals surface area (Å²) in [6, 6.07) is 0. The quantitative estimate of drug-likeness (QED) is 0.847. The minimum absolute atomic E-state index is 0.869. The molecule has 94 valence electrons. The lowest BCUT2D eigenvalue weighted by molar-refractivity contribution is 0.640. The summed E-state index contributed by atoms with van der Waals surface area (Å²) >= 11 is 0. The highest BCUT2D eigenvalue weighted by Gasteiger charge is 2.31. The molecule has 4 heteroatoms. The van der Waals surface area contributed by atoms with Gasteiger partial charge in [0.15, 0.2) is 0 Å². The second-order valence-electron chi connectivity index (χ2n) is 5.74. The lowest BCUT2D eigenvalue weighted by Crippen LogP contribution is -2.30. The van der Waals surface area contributed by atoms with Crippen molar-refractivity contribution < 1.29 is 0 Å². The van der Waals surface area contributed by atoms with Crippen molar-refractivity contribution in [3.8, 4) is 0 Å². The van der Waals surface area contributed by atoms with Crippen LogP contribution in [-0.4, -0.2) is 22.9 Å². The third-order valence-corrected chi connectivity index (χ3v) is 3.89. The summed E-state index contributed by atoms with van der Waals surface area (Å²) in [5.41, 5.74) is 8.00. The minimum atomic E-state index is 0.869. The molecular weight excluding hydrogens is 212 g/mol. The molecule has 0 atom stereocenters. The van der Waals surface area contributed by atoms with Gasteiger partial charge >= 0.3 is 0 Å². The molecule has 2 fully saturated rings.